The molecule has 1 aliphatic heterocycles. The summed E-state index contributed by atoms with van der Waals surface area (Å²) in [6, 6.07) is 8.22. The lowest BCUT2D eigenvalue weighted by Gasteiger charge is -2.33. The van der Waals surface area contributed by atoms with E-state index < -0.39 is 11.7 Å². The van der Waals surface area contributed by atoms with Gasteiger partial charge in [0.05, 0.1) is 12.1 Å². The Kier molecular flexibility index (Phi) is 5.33. The van der Waals surface area contributed by atoms with E-state index in [9.17, 15) is 18.0 Å². The van der Waals surface area contributed by atoms with Crippen LogP contribution in [-0.2, 0) is 12.7 Å². The van der Waals surface area contributed by atoms with Crippen LogP contribution < -0.4 is 0 Å². The number of amides is 1. The molecule has 4 rings (SSSR count). The Morgan fingerprint density at radius 1 is 1.13 bits per heavy atom. The number of carbonyl (C=O) groups excluding carboxylic acids is 1. The summed E-state index contributed by atoms with van der Waals surface area (Å²) in [7, 11) is 0. The second-order valence-electron chi connectivity index (χ2n) is 7.07. The maximum atomic E-state index is 12.9. The summed E-state index contributed by atoms with van der Waals surface area (Å²) in [5, 5.41) is 3.80. The lowest BCUT2D eigenvalue weighted by atomic mass is 10.1. The van der Waals surface area contributed by atoms with Gasteiger partial charge in [-0.2, -0.15) is 18.2 Å². The zero-order chi connectivity index (χ0) is 21.3. The molecule has 2 aromatic heterocycles. The molecule has 1 amide bonds. The van der Waals surface area contributed by atoms with Gasteiger partial charge < -0.3 is 13.8 Å². The first-order chi connectivity index (χ1) is 14.3. The van der Waals surface area contributed by atoms with Crippen molar-refractivity contribution in [2.75, 3.05) is 26.2 Å². The minimum atomic E-state index is -4.44. The second-order valence-corrected chi connectivity index (χ2v) is 7.07. The van der Waals surface area contributed by atoms with Gasteiger partial charge in [0.1, 0.15) is 5.76 Å². The van der Waals surface area contributed by atoms with E-state index in [0.29, 0.717) is 50.1 Å². The van der Waals surface area contributed by atoms with Crippen molar-refractivity contribution in [3.63, 3.8) is 0 Å². The number of nitrogens with zero attached hydrogens (tertiary/aromatic N) is 4. The molecule has 30 heavy (non-hydrogen) atoms. The molecule has 0 atom stereocenters. The molecule has 0 bridgehead atoms. The quantitative estimate of drug-likeness (QED) is 0.642. The number of benzene rings is 1. The first-order valence-electron chi connectivity index (χ1n) is 9.38. The Balaban J connectivity index is 1.36. The number of alkyl halides is 3. The normalized spacial score (nSPS) is 15.5. The van der Waals surface area contributed by atoms with E-state index >= 15 is 0 Å². The van der Waals surface area contributed by atoms with Crippen molar-refractivity contribution in [3.8, 4) is 11.4 Å². The maximum absolute atomic E-state index is 12.9. The number of piperazine rings is 1. The van der Waals surface area contributed by atoms with E-state index in [0.717, 1.165) is 12.1 Å². The Labute approximate surface area is 170 Å². The van der Waals surface area contributed by atoms with Crippen LogP contribution in [0.5, 0.6) is 0 Å². The number of furan rings is 1. The van der Waals surface area contributed by atoms with Gasteiger partial charge in [-0.05, 0) is 31.2 Å². The van der Waals surface area contributed by atoms with Crippen LogP contribution in [0.4, 0.5) is 13.2 Å². The summed E-state index contributed by atoms with van der Waals surface area (Å²) in [4.78, 5) is 20.4. The van der Waals surface area contributed by atoms with E-state index in [1.54, 1.807) is 24.0 Å². The number of hydrogen-bond acceptors (Lipinski definition) is 6. The molecule has 10 heteroatoms. The molecule has 0 spiro atoms. The van der Waals surface area contributed by atoms with Crippen LogP contribution in [0.1, 0.15) is 27.8 Å². The number of aromatic nitrogens is 2. The largest absolute Gasteiger partial charge is 0.456 e. The standard InChI is InChI=1S/C20H19F3N4O3/c1-13-5-6-16(29-13)19(28)27-9-7-26(8-10-27)12-17-24-18(25-30-17)14-3-2-4-15(11-14)20(21,22)23/h2-6,11H,7-10,12H2,1H3. The highest BCUT2D eigenvalue weighted by atomic mass is 19.4. The molecular formula is C20H19F3N4O3. The molecule has 158 valence electrons. The van der Waals surface area contributed by atoms with Gasteiger partial charge in [-0.3, -0.25) is 9.69 Å². The molecular weight excluding hydrogens is 401 g/mol. The maximum Gasteiger partial charge on any atom is 0.416 e. The SMILES string of the molecule is Cc1ccc(C(=O)N2CCN(Cc3nc(-c4cccc(C(F)(F)F)c4)no3)CC2)o1. The summed E-state index contributed by atoms with van der Waals surface area (Å²) < 4.78 is 49.3. The molecule has 0 saturated carbocycles. The molecule has 1 aliphatic rings. The Morgan fingerprint density at radius 2 is 1.90 bits per heavy atom. The van der Waals surface area contributed by atoms with Gasteiger partial charge in [-0.1, -0.05) is 17.3 Å². The predicted molar refractivity (Wildman–Crippen MR) is 99.4 cm³/mol. The van der Waals surface area contributed by atoms with Crippen molar-refractivity contribution < 1.29 is 26.9 Å². The zero-order valence-electron chi connectivity index (χ0n) is 16.1. The van der Waals surface area contributed by atoms with E-state index in [-0.39, 0.29) is 17.3 Å². The fraction of sp³-hybridized carbons (Fsp3) is 0.350. The van der Waals surface area contributed by atoms with E-state index in [4.69, 9.17) is 8.94 Å². The van der Waals surface area contributed by atoms with Gasteiger partial charge >= 0.3 is 6.18 Å². The summed E-state index contributed by atoms with van der Waals surface area (Å²) in [6.45, 7) is 4.39. The van der Waals surface area contributed by atoms with Gasteiger partial charge in [-0.15, -0.1) is 0 Å². The molecule has 0 unspecified atom stereocenters. The van der Waals surface area contributed by atoms with Crippen molar-refractivity contribution in [2.24, 2.45) is 0 Å². The fourth-order valence-corrected chi connectivity index (χ4v) is 3.28. The summed E-state index contributed by atoms with van der Waals surface area (Å²) in [5.41, 5.74) is -0.525. The van der Waals surface area contributed by atoms with Crippen molar-refractivity contribution in [1.82, 2.24) is 19.9 Å². The highest BCUT2D eigenvalue weighted by molar-refractivity contribution is 5.91. The molecule has 1 aromatic carbocycles. The number of hydrogen-bond donors (Lipinski definition) is 0. The molecule has 0 aliphatic carbocycles. The zero-order valence-corrected chi connectivity index (χ0v) is 16.1. The minimum absolute atomic E-state index is 0.109. The smallest absolute Gasteiger partial charge is 0.416 e. The molecule has 0 radical (unpaired) electrons. The first kappa shape index (κ1) is 20.1. The van der Waals surface area contributed by atoms with Crippen molar-refractivity contribution in [3.05, 3.63) is 59.4 Å². The second kappa shape index (κ2) is 7.94. The van der Waals surface area contributed by atoms with E-state index in [1.807, 2.05) is 4.90 Å². The molecule has 1 fully saturated rings. The van der Waals surface area contributed by atoms with Crippen molar-refractivity contribution in [2.45, 2.75) is 19.6 Å². The van der Waals surface area contributed by atoms with Crippen LogP contribution in [0.15, 0.2) is 45.3 Å². The van der Waals surface area contributed by atoms with Gasteiger partial charge in [-0.25, -0.2) is 0 Å². The number of halogens is 3. The highest BCUT2D eigenvalue weighted by Gasteiger charge is 2.31. The van der Waals surface area contributed by atoms with E-state index in [1.165, 1.54) is 12.1 Å². The van der Waals surface area contributed by atoms with Crippen LogP contribution in [-0.4, -0.2) is 52.0 Å². The number of rotatable bonds is 4. The van der Waals surface area contributed by atoms with Gasteiger partial charge in [0, 0.05) is 31.7 Å². The molecule has 1 saturated heterocycles. The average Bonchev–Trinajstić information content (AvgIpc) is 3.37. The average molecular weight is 420 g/mol. The third-order valence-corrected chi connectivity index (χ3v) is 4.89. The topological polar surface area (TPSA) is 75.6 Å². The third-order valence-electron chi connectivity index (χ3n) is 4.89. The lowest BCUT2D eigenvalue weighted by Crippen LogP contribution is -2.48. The van der Waals surface area contributed by atoms with E-state index in [2.05, 4.69) is 10.1 Å². The van der Waals surface area contributed by atoms with Crippen LogP contribution in [0.3, 0.4) is 0 Å². The summed E-state index contributed by atoms with van der Waals surface area (Å²) >= 11 is 0. The predicted octanol–water partition coefficient (Wildman–Crippen LogP) is 3.61. The summed E-state index contributed by atoms with van der Waals surface area (Å²) in [6.07, 6.45) is -4.44. The molecule has 3 heterocycles. The Hall–Kier alpha value is -3.14. The Morgan fingerprint density at radius 3 is 2.57 bits per heavy atom. The van der Waals surface area contributed by atoms with Crippen molar-refractivity contribution >= 4 is 5.91 Å². The Bertz CT molecular complexity index is 1040. The minimum Gasteiger partial charge on any atom is -0.456 e. The first-order valence-corrected chi connectivity index (χ1v) is 9.38. The highest BCUT2D eigenvalue weighted by Crippen LogP contribution is 2.31. The van der Waals surface area contributed by atoms with Crippen LogP contribution >= 0.6 is 0 Å². The third kappa shape index (κ3) is 4.38. The number of aryl methyl sites for hydroxylation is 1. The van der Waals surface area contributed by atoms with Gasteiger partial charge in [0.2, 0.25) is 11.7 Å². The lowest BCUT2D eigenvalue weighted by molar-refractivity contribution is -0.137. The van der Waals surface area contributed by atoms with Crippen molar-refractivity contribution in [1.29, 1.82) is 0 Å². The van der Waals surface area contributed by atoms with Gasteiger partial charge in [0.15, 0.2) is 5.76 Å². The summed E-state index contributed by atoms with van der Waals surface area (Å²) in [5.74, 6) is 1.28. The van der Waals surface area contributed by atoms with Crippen LogP contribution in [0.25, 0.3) is 11.4 Å². The van der Waals surface area contributed by atoms with Crippen LogP contribution in [0.2, 0.25) is 0 Å². The molecule has 0 N–H and O–H groups in total. The fourth-order valence-electron chi connectivity index (χ4n) is 3.28. The van der Waals surface area contributed by atoms with Crippen LogP contribution in [0, 0.1) is 6.92 Å². The monoisotopic (exact) mass is 420 g/mol. The molecule has 3 aromatic rings. The number of carbonyl (C=O) groups is 1. The van der Waals surface area contributed by atoms with Gasteiger partial charge in [0.25, 0.3) is 5.91 Å². The molecule has 7 nitrogen and oxygen atoms in total.